The summed E-state index contributed by atoms with van der Waals surface area (Å²) in [6, 6.07) is -0.693. The van der Waals surface area contributed by atoms with Crippen LogP contribution in [0.3, 0.4) is 0 Å². The van der Waals surface area contributed by atoms with Crippen LogP contribution < -0.4 is 10.5 Å². The van der Waals surface area contributed by atoms with Crippen molar-refractivity contribution < 1.29 is 14.3 Å². The molecule has 1 aromatic heterocycles. The number of hydrogen-bond acceptors (Lipinski definition) is 5. The highest BCUT2D eigenvalue weighted by Gasteiger charge is 2.24. The fourth-order valence-electron chi connectivity index (χ4n) is 1.58. The molecule has 0 fully saturated rings. The molecule has 0 radical (unpaired) electrons. The minimum absolute atomic E-state index is 0.180. The lowest BCUT2D eigenvalue weighted by atomic mass is 10.1. The molecule has 1 atom stereocenters. The number of carbonyl (C=O) groups excluding carboxylic acids is 1. The second-order valence-electron chi connectivity index (χ2n) is 3.71. The van der Waals surface area contributed by atoms with Gasteiger partial charge in [-0.15, -0.1) is 0 Å². The summed E-state index contributed by atoms with van der Waals surface area (Å²) in [5, 5.41) is 4.11. The lowest BCUT2D eigenvalue weighted by Crippen LogP contribution is -2.36. The molecule has 0 saturated carbocycles. The third-order valence-corrected chi connectivity index (χ3v) is 2.38. The van der Waals surface area contributed by atoms with Crippen LogP contribution in [-0.4, -0.2) is 42.4 Å². The third-order valence-electron chi connectivity index (χ3n) is 2.38. The van der Waals surface area contributed by atoms with Crippen LogP contribution in [0.15, 0.2) is 6.20 Å². The SMILES string of the molecule is CCCn1ncc(OC)c1C(=O)C(N)COC. The van der Waals surface area contributed by atoms with Crippen molar-refractivity contribution in [2.75, 3.05) is 20.8 Å². The molecular weight excluding hydrogens is 222 g/mol. The molecule has 0 bridgehead atoms. The van der Waals surface area contributed by atoms with E-state index < -0.39 is 6.04 Å². The molecule has 6 heteroatoms. The van der Waals surface area contributed by atoms with Crippen LogP contribution in [0.4, 0.5) is 0 Å². The van der Waals surface area contributed by atoms with Crippen LogP contribution in [0, 0.1) is 0 Å². The third kappa shape index (κ3) is 3.04. The molecular formula is C11H19N3O3. The molecule has 0 aliphatic carbocycles. The second-order valence-corrected chi connectivity index (χ2v) is 3.71. The zero-order valence-electron chi connectivity index (χ0n) is 10.5. The molecule has 0 aliphatic rings. The maximum atomic E-state index is 12.1. The molecule has 0 aromatic carbocycles. The normalized spacial score (nSPS) is 12.5. The van der Waals surface area contributed by atoms with Crippen molar-refractivity contribution in [1.82, 2.24) is 9.78 Å². The molecule has 0 spiro atoms. The summed E-state index contributed by atoms with van der Waals surface area (Å²) in [7, 11) is 3.01. The Bertz CT molecular complexity index is 376. The van der Waals surface area contributed by atoms with E-state index in [1.165, 1.54) is 20.4 Å². The van der Waals surface area contributed by atoms with Gasteiger partial charge in [-0.3, -0.25) is 9.48 Å². The number of aromatic nitrogens is 2. The van der Waals surface area contributed by atoms with Gasteiger partial charge in [0.15, 0.2) is 5.75 Å². The van der Waals surface area contributed by atoms with Crippen molar-refractivity contribution in [1.29, 1.82) is 0 Å². The summed E-state index contributed by atoms with van der Waals surface area (Å²) < 4.78 is 11.6. The molecule has 1 aromatic rings. The number of methoxy groups -OCH3 is 2. The van der Waals surface area contributed by atoms with Crippen LogP contribution in [0.2, 0.25) is 0 Å². The number of rotatable bonds is 7. The van der Waals surface area contributed by atoms with Crippen molar-refractivity contribution >= 4 is 5.78 Å². The first-order chi connectivity index (χ1) is 8.15. The van der Waals surface area contributed by atoms with E-state index in [1.807, 2.05) is 6.92 Å². The summed E-state index contributed by atoms with van der Waals surface area (Å²) >= 11 is 0. The molecule has 1 unspecified atom stereocenters. The Balaban J connectivity index is 3.00. The molecule has 6 nitrogen and oxygen atoms in total. The second kappa shape index (κ2) is 6.36. The van der Waals surface area contributed by atoms with E-state index in [9.17, 15) is 4.79 Å². The number of Topliss-reactive ketones (excluding diaryl/α,β-unsaturated/α-hetero) is 1. The van der Waals surface area contributed by atoms with Gasteiger partial charge in [0, 0.05) is 13.7 Å². The Kier molecular flexibility index (Phi) is 5.11. The van der Waals surface area contributed by atoms with Crippen LogP contribution in [-0.2, 0) is 11.3 Å². The lowest BCUT2D eigenvalue weighted by molar-refractivity contribution is 0.0878. The fraction of sp³-hybridized carbons (Fsp3) is 0.636. The number of ketones is 1. The fourth-order valence-corrected chi connectivity index (χ4v) is 1.58. The first kappa shape index (κ1) is 13.7. The number of aryl methyl sites for hydroxylation is 1. The standard InChI is InChI=1S/C11H19N3O3/c1-4-5-14-10(9(17-3)6-13-14)11(15)8(12)7-16-2/h6,8H,4-5,7,12H2,1-3H3. The van der Waals surface area contributed by atoms with Crippen molar-refractivity contribution in [2.45, 2.75) is 25.9 Å². The largest absolute Gasteiger partial charge is 0.493 e. The Morgan fingerprint density at radius 1 is 1.59 bits per heavy atom. The highest BCUT2D eigenvalue weighted by molar-refractivity contribution is 6.00. The first-order valence-electron chi connectivity index (χ1n) is 5.54. The number of nitrogens with two attached hydrogens (primary N) is 1. The van der Waals surface area contributed by atoms with Gasteiger partial charge >= 0.3 is 0 Å². The average molecular weight is 241 g/mol. The van der Waals surface area contributed by atoms with E-state index in [0.29, 0.717) is 18.0 Å². The zero-order chi connectivity index (χ0) is 12.8. The first-order valence-corrected chi connectivity index (χ1v) is 5.54. The van der Waals surface area contributed by atoms with Crippen molar-refractivity contribution in [3.63, 3.8) is 0 Å². The number of hydrogen-bond donors (Lipinski definition) is 1. The molecule has 2 N–H and O–H groups in total. The summed E-state index contributed by atoms with van der Waals surface area (Å²) in [6.45, 7) is 2.85. The molecule has 0 amide bonds. The van der Waals surface area contributed by atoms with E-state index in [1.54, 1.807) is 4.68 Å². The number of ether oxygens (including phenoxy) is 2. The van der Waals surface area contributed by atoms with Crippen LogP contribution in [0.1, 0.15) is 23.8 Å². The smallest absolute Gasteiger partial charge is 0.203 e. The van der Waals surface area contributed by atoms with Gasteiger partial charge in [0.1, 0.15) is 5.69 Å². The van der Waals surface area contributed by atoms with Gasteiger partial charge in [-0.25, -0.2) is 0 Å². The van der Waals surface area contributed by atoms with Crippen molar-refractivity contribution in [3.05, 3.63) is 11.9 Å². The van der Waals surface area contributed by atoms with E-state index >= 15 is 0 Å². The molecule has 96 valence electrons. The predicted octanol–water partition coefficient (Wildman–Crippen LogP) is 0.458. The summed E-state index contributed by atoms with van der Waals surface area (Å²) in [4.78, 5) is 12.1. The molecule has 1 rings (SSSR count). The predicted molar refractivity (Wildman–Crippen MR) is 63.3 cm³/mol. The average Bonchev–Trinajstić information content (AvgIpc) is 2.72. The number of carbonyl (C=O) groups is 1. The monoisotopic (exact) mass is 241 g/mol. The number of nitrogens with zero attached hydrogens (tertiary/aromatic N) is 2. The Morgan fingerprint density at radius 2 is 2.29 bits per heavy atom. The summed E-state index contributed by atoms with van der Waals surface area (Å²) in [5.74, 6) is 0.240. The van der Waals surface area contributed by atoms with Gasteiger partial charge in [-0.05, 0) is 6.42 Å². The van der Waals surface area contributed by atoms with Gasteiger partial charge in [-0.2, -0.15) is 5.10 Å². The molecule has 0 saturated heterocycles. The highest BCUT2D eigenvalue weighted by atomic mass is 16.5. The summed E-state index contributed by atoms with van der Waals surface area (Å²) in [6.07, 6.45) is 2.41. The van der Waals surface area contributed by atoms with Gasteiger partial charge < -0.3 is 15.2 Å². The zero-order valence-corrected chi connectivity index (χ0v) is 10.5. The minimum atomic E-state index is -0.693. The van der Waals surface area contributed by atoms with E-state index in [-0.39, 0.29) is 12.4 Å². The van der Waals surface area contributed by atoms with Gasteiger partial charge in [0.05, 0.1) is 26.0 Å². The Hall–Kier alpha value is -1.40. The van der Waals surface area contributed by atoms with Crippen LogP contribution in [0.25, 0.3) is 0 Å². The van der Waals surface area contributed by atoms with Gasteiger partial charge in [0.2, 0.25) is 5.78 Å². The molecule has 0 aliphatic heterocycles. The highest BCUT2D eigenvalue weighted by Crippen LogP contribution is 2.19. The summed E-state index contributed by atoms with van der Waals surface area (Å²) in [5.41, 5.74) is 6.15. The Morgan fingerprint density at radius 3 is 2.82 bits per heavy atom. The maximum absolute atomic E-state index is 12.1. The van der Waals surface area contributed by atoms with E-state index in [4.69, 9.17) is 15.2 Å². The van der Waals surface area contributed by atoms with E-state index in [2.05, 4.69) is 5.10 Å². The van der Waals surface area contributed by atoms with E-state index in [0.717, 1.165) is 6.42 Å². The van der Waals surface area contributed by atoms with Crippen molar-refractivity contribution in [2.24, 2.45) is 5.73 Å². The quantitative estimate of drug-likeness (QED) is 0.701. The Labute approximate surface area is 101 Å². The topological polar surface area (TPSA) is 79.4 Å². The van der Waals surface area contributed by atoms with Crippen LogP contribution in [0.5, 0.6) is 5.75 Å². The maximum Gasteiger partial charge on any atom is 0.203 e. The minimum Gasteiger partial charge on any atom is -0.493 e. The molecule has 1 heterocycles. The molecule has 17 heavy (non-hydrogen) atoms. The van der Waals surface area contributed by atoms with Crippen molar-refractivity contribution in [3.8, 4) is 5.75 Å². The van der Waals surface area contributed by atoms with Gasteiger partial charge in [0.25, 0.3) is 0 Å². The van der Waals surface area contributed by atoms with Gasteiger partial charge in [-0.1, -0.05) is 6.92 Å². The van der Waals surface area contributed by atoms with Crippen LogP contribution >= 0.6 is 0 Å². The lowest BCUT2D eigenvalue weighted by Gasteiger charge is -2.12.